The van der Waals surface area contributed by atoms with Crippen LogP contribution in [0.1, 0.15) is 53.0 Å². The van der Waals surface area contributed by atoms with Crippen molar-refractivity contribution < 1.29 is 9.59 Å². The number of hydrogen-bond donors (Lipinski definition) is 1. The van der Waals surface area contributed by atoms with E-state index >= 15 is 0 Å². The molecule has 0 aliphatic rings. The van der Waals surface area contributed by atoms with Gasteiger partial charge in [-0.2, -0.15) is 0 Å². The predicted molar refractivity (Wildman–Crippen MR) is 110 cm³/mol. The van der Waals surface area contributed by atoms with E-state index in [-0.39, 0.29) is 11.8 Å². The first-order valence-electron chi connectivity index (χ1n) is 9.61. The summed E-state index contributed by atoms with van der Waals surface area (Å²) in [5.41, 5.74) is 1.78. The Balaban J connectivity index is 2.90. The number of nitrogens with one attached hydrogen (secondary N) is 1. The molecule has 0 atom stereocenters. The average molecular weight is 362 g/mol. The van der Waals surface area contributed by atoms with Crippen LogP contribution in [0.25, 0.3) is 0 Å². The van der Waals surface area contributed by atoms with Crippen molar-refractivity contribution in [3.63, 3.8) is 0 Å². The topological polar surface area (TPSA) is 52.7 Å². The fourth-order valence-electron chi connectivity index (χ4n) is 2.92. The fourth-order valence-corrected chi connectivity index (χ4v) is 2.92. The highest BCUT2D eigenvalue weighted by Crippen LogP contribution is 2.26. The number of carbonyl (C=O) groups excluding carboxylic acids is 2. The molecule has 0 saturated carbocycles. The van der Waals surface area contributed by atoms with Gasteiger partial charge in [0.15, 0.2) is 0 Å². The summed E-state index contributed by atoms with van der Waals surface area (Å²) in [7, 11) is 1.76. The van der Waals surface area contributed by atoms with Crippen molar-refractivity contribution in [1.82, 2.24) is 4.90 Å². The second-order valence-electron chi connectivity index (χ2n) is 7.33. The Labute approximate surface area is 158 Å². The third kappa shape index (κ3) is 5.23. The molecule has 2 amide bonds. The average Bonchev–Trinajstić information content (AvgIpc) is 2.61. The molecular formula is C21H35N3O2. The summed E-state index contributed by atoms with van der Waals surface area (Å²) >= 11 is 0. The number of anilines is 2. The number of carbonyl (C=O) groups is 2. The lowest BCUT2D eigenvalue weighted by atomic mass is 9.90. The van der Waals surface area contributed by atoms with Crippen molar-refractivity contribution >= 4 is 23.2 Å². The Hall–Kier alpha value is -2.04. The maximum Gasteiger partial charge on any atom is 0.239 e. The van der Waals surface area contributed by atoms with E-state index in [9.17, 15) is 9.59 Å². The zero-order valence-corrected chi connectivity index (χ0v) is 17.5. The Kier molecular flexibility index (Phi) is 8.12. The number of aryl methyl sites for hydroxylation is 1. The number of unbranched alkanes of at least 4 members (excludes halogenated alkanes) is 1. The molecule has 146 valence electrons. The van der Waals surface area contributed by atoms with Gasteiger partial charge < -0.3 is 15.1 Å². The highest BCUT2D eigenvalue weighted by atomic mass is 16.2. The highest BCUT2D eigenvalue weighted by Gasteiger charge is 2.38. The number of rotatable bonds is 9. The van der Waals surface area contributed by atoms with Gasteiger partial charge in [0.25, 0.3) is 0 Å². The van der Waals surface area contributed by atoms with Crippen molar-refractivity contribution in [2.45, 2.75) is 54.4 Å². The largest absolute Gasteiger partial charge is 0.372 e. The predicted octanol–water partition coefficient (Wildman–Crippen LogP) is 4.06. The van der Waals surface area contributed by atoms with Crippen molar-refractivity contribution in [3.05, 3.63) is 23.8 Å². The Morgan fingerprint density at radius 2 is 1.73 bits per heavy atom. The van der Waals surface area contributed by atoms with Crippen LogP contribution in [0, 0.1) is 12.3 Å². The van der Waals surface area contributed by atoms with Crippen LogP contribution < -0.4 is 10.2 Å². The molecule has 1 aromatic rings. The lowest BCUT2D eigenvalue weighted by molar-refractivity contribution is -0.145. The summed E-state index contributed by atoms with van der Waals surface area (Å²) in [4.78, 5) is 29.3. The molecule has 5 nitrogen and oxygen atoms in total. The van der Waals surface area contributed by atoms with Crippen LogP contribution in [0.3, 0.4) is 0 Å². The summed E-state index contributed by atoms with van der Waals surface area (Å²) < 4.78 is 0. The maximum absolute atomic E-state index is 12.8. The van der Waals surface area contributed by atoms with Crippen molar-refractivity contribution in [3.8, 4) is 0 Å². The molecule has 0 aliphatic heterocycles. The minimum Gasteiger partial charge on any atom is -0.372 e. The van der Waals surface area contributed by atoms with E-state index in [2.05, 4.69) is 37.1 Å². The maximum atomic E-state index is 12.8. The summed E-state index contributed by atoms with van der Waals surface area (Å²) in [6, 6.07) is 6.00. The highest BCUT2D eigenvalue weighted by molar-refractivity contribution is 6.10. The van der Waals surface area contributed by atoms with E-state index in [4.69, 9.17) is 0 Å². The first-order valence-corrected chi connectivity index (χ1v) is 9.61. The molecule has 0 fully saturated rings. The van der Waals surface area contributed by atoms with Crippen LogP contribution in [-0.2, 0) is 9.59 Å². The smallest absolute Gasteiger partial charge is 0.239 e. The summed E-state index contributed by atoms with van der Waals surface area (Å²) in [6.45, 7) is 14.2. The van der Waals surface area contributed by atoms with E-state index in [1.54, 1.807) is 25.8 Å². The standard InChI is InChI=1S/C21H35N3O2/c1-8-11-14-23(7)20(26)21(5,6)19(25)22-18-13-12-17(15-16(18)4)24(9-2)10-3/h12-13,15H,8-11,14H2,1-7H3,(H,22,25). The van der Waals surface area contributed by atoms with Gasteiger partial charge in [0.2, 0.25) is 11.8 Å². The molecule has 0 radical (unpaired) electrons. The Bertz CT molecular complexity index is 622. The van der Waals surface area contributed by atoms with Gasteiger partial charge in [-0.15, -0.1) is 0 Å². The minimum absolute atomic E-state index is 0.152. The monoisotopic (exact) mass is 361 g/mol. The molecule has 0 bridgehead atoms. The van der Waals surface area contributed by atoms with Gasteiger partial charge in [0.1, 0.15) is 5.41 Å². The summed E-state index contributed by atoms with van der Waals surface area (Å²) in [5, 5.41) is 2.94. The molecule has 1 rings (SSSR count). The van der Waals surface area contributed by atoms with E-state index < -0.39 is 5.41 Å². The van der Waals surface area contributed by atoms with Gasteiger partial charge in [-0.05, 0) is 64.8 Å². The van der Waals surface area contributed by atoms with E-state index in [1.165, 1.54) is 0 Å². The molecule has 0 saturated heterocycles. The van der Waals surface area contributed by atoms with Crippen LogP contribution in [0.4, 0.5) is 11.4 Å². The lowest BCUT2D eigenvalue weighted by Gasteiger charge is -2.29. The zero-order chi connectivity index (χ0) is 19.9. The molecular weight excluding hydrogens is 326 g/mol. The molecule has 5 heteroatoms. The molecule has 0 aliphatic carbocycles. The van der Waals surface area contributed by atoms with Gasteiger partial charge in [-0.25, -0.2) is 0 Å². The molecule has 1 N–H and O–H groups in total. The van der Waals surface area contributed by atoms with Crippen molar-refractivity contribution in [2.75, 3.05) is 36.9 Å². The first kappa shape index (κ1) is 22.0. The van der Waals surface area contributed by atoms with Gasteiger partial charge in [0, 0.05) is 38.1 Å². The molecule has 1 aromatic carbocycles. The van der Waals surface area contributed by atoms with Gasteiger partial charge in [-0.1, -0.05) is 13.3 Å². The van der Waals surface area contributed by atoms with Gasteiger partial charge in [0.05, 0.1) is 0 Å². The molecule has 0 aromatic heterocycles. The summed E-state index contributed by atoms with van der Waals surface area (Å²) in [6.07, 6.45) is 1.95. The zero-order valence-electron chi connectivity index (χ0n) is 17.5. The first-order chi connectivity index (χ1) is 12.2. The lowest BCUT2D eigenvalue weighted by Crippen LogP contribution is -2.46. The van der Waals surface area contributed by atoms with Crippen LogP contribution >= 0.6 is 0 Å². The van der Waals surface area contributed by atoms with Crippen molar-refractivity contribution in [2.24, 2.45) is 5.41 Å². The Morgan fingerprint density at radius 3 is 2.23 bits per heavy atom. The van der Waals surface area contributed by atoms with Crippen LogP contribution in [0.5, 0.6) is 0 Å². The second kappa shape index (κ2) is 9.60. The number of hydrogen-bond acceptors (Lipinski definition) is 3. The Morgan fingerprint density at radius 1 is 1.12 bits per heavy atom. The van der Waals surface area contributed by atoms with E-state index in [1.807, 2.05) is 19.1 Å². The molecule has 0 unspecified atom stereocenters. The van der Waals surface area contributed by atoms with Crippen molar-refractivity contribution in [1.29, 1.82) is 0 Å². The number of benzene rings is 1. The second-order valence-corrected chi connectivity index (χ2v) is 7.33. The van der Waals surface area contributed by atoms with Gasteiger partial charge in [-0.3, -0.25) is 9.59 Å². The van der Waals surface area contributed by atoms with Crippen LogP contribution in [0.15, 0.2) is 18.2 Å². The molecule has 26 heavy (non-hydrogen) atoms. The minimum atomic E-state index is -1.10. The molecule has 0 spiro atoms. The van der Waals surface area contributed by atoms with Crippen LogP contribution in [-0.4, -0.2) is 43.4 Å². The number of amides is 2. The fraction of sp³-hybridized carbons (Fsp3) is 0.619. The van der Waals surface area contributed by atoms with Crippen LogP contribution in [0.2, 0.25) is 0 Å². The third-order valence-electron chi connectivity index (χ3n) is 4.88. The third-order valence-corrected chi connectivity index (χ3v) is 4.88. The molecule has 0 heterocycles. The SMILES string of the molecule is CCCCN(C)C(=O)C(C)(C)C(=O)Nc1ccc(N(CC)CC)cc1C. The van der Waals surface area contributed by atoms with E-state index in [0.717, 1.165) is 42.9 Å². The van der Waals surface area contributed by atoms with E-state index in [0.29, 0.717) is 6.54 Å². The quantitative estimate of drug-likeness (QED) is 0.675. The normalized spacial score (nSPS) is 11.2. The summed E-state index contributed by atoms with van der Waals surface area (Å²) in [5.74, 6) is -0.426. The number of nitrogens with zero attached hydrogens (tertiary/aromatic N) is 2. The van der Waals surface area contributed by atoms with Gasteiger partial charge >= 0.3 is 0 Å².